The van der Waals surface area contributed by atoms with Crippen LogP contribution in [0.4, 0.5) is 32.4 Å². The number of halogens is 5. The van der Waals surface area contributed by atoms with Gasteiger partial charge in [0.05, 0.1) is 24.2 Å². The van der Waals surface area contributed by atoms with Crippen LogP contribution in [0.3, 0.4) is 0 Å². The number of aromatic nitrogens is 1. The summed E-state index contributed by atoms with van der Waals surface area (Å²) >= 11 is 0. The number of hydrogen-bond acceptors (Lipinski definition) is 4. The van der Waals surface area contributed by atoms with Crippen LogP contribution in [-0.2, 0) is 17.8 Å². The van der Waals surface area contributed by atoms with Gasteiger partial charge in [-0.25, -0.2) is 13.6 Å². The Morgan fingerprint density at radius 1 is 1.03 bits per heavy atom. The maximum atomic E-state index is 14.6. The minimum absolute atomic E-state index is 0.0651. The molecule has 0 unspecified atom stereocenters. The molecule has 3 aromatic rings. The number of urea groups is 1. The molecule has 0 radical (unpaired) electrons. The molecule has 34 heavy (non-hydrogen) atoms. The second-order valence-electron chi connectivity index (χ2n) is 6.89. The van der Waals surface area contributed by atoms with Crippen molar-refractivity contribution in [3.05, 3.63) is 77.6 Å². The summed E-state index contributed by atoms with van der Waals surface area (Å²) in [5, 5.41) is 13.4. The fourth-order valence-electron chi connectivity index (χ4n) is 2.97. The Bertz CT molecular complexity index is 1180. The third-order valence-electron chi connectivity index (χ3n) is 4.35. The van der Waals surface area contributed by atoms with E-state index in [1.807, 2.05) is 0 Å². The summed E-state index contributed by atoms with van der Waals surface area (Å²) in [4.78, 5) is 26.7. The van der Waals surface area contributed by atoms with Gasteiger partial charge in [0.25, 0.3) is 0 Å². The van der Waals surface area contributed by atoms with Gasteiger partial charge in [-0.2, -0.15) is 0 Å². The van der Waals surface area contributed by atoms with E-state index >= 15 is 0 Å². The molecule has 1 aromatic heterocycles. The largest absolute Gasteiger partial charge is 0.573 e. The maximum absolute atomic E-state index is 14.6. The van der Waals surface area contributed by atoms with Crippen molar-refractivity contribution in [1.29, 1.82) is 0 Å². The van der Waals surface area contributed by atoms with Crippen molar-refractivity contribution in [2.75, 3.05) is 5.32 Å². The monoisotopic (exact) mass is 481 g/mol. The first-order chi connectivity index (χ1) is 16.0. The number of amides is 2. The van der Waals surface area contributed by atoms with E-state index in [2.05, 4.69) is 20.4 Å². The van der Waals surface area contributed by atoms with Gasteiger partial charge in [0.1, 0.15) is 17.4 Å². The number of anilines is 1. The zero-order valence-electron chi connectivity index (χ0n) is 17.1. The zero-order valence-corrected chi connectivity index (χ0v) is 17.1. The number of alkyl halides is 3. The van der Waals surface area contributed by atoms with Gasteiger partial charge in [-0.05, 0) is 29.8 Å². The third-order valence-corrected chi connectivity index (χ3v) is 4.35. The van der Waals surface area contributed by atoms with Crippen LogP contribution in [0.1, 0.15) is 11.3 Å². The summed E-state index contributed by atoms with van der Waals surface area (Å²) < 4.78 is 71.0. The normalized spacial score (nSPS) is 11.1. The highest BCUT2D eigenvalue weighted by molar-refractivity contribution is 5.89. The molecule has 3 rings (SSSR count). The average Bonchev–Trinajstić information content (AvgIpc) is 2.72. The summed E-state index contributed by atoms with van der Waals surface area (Å²) in [5.74, 6) is -4.24. The number of rotatable bonds is 7. The number of pyridine rings is 1. The lowest BCUT2D eigenvalue weighted by Gasteiger charge is -2.15. The van der Waals surface area contributed by atoms with Crippen LogP contribution in [0, 0.1) is 11.6 Å². The number of nitrogens with zero attached hydrogens (tertiary/aromatic N) is 1. The minimum Gasteiger partial charge on any atom is -0.481 e. The number of hydrogen-bond donors (Lipinski definition) is 3. The molecule has 0 aliphatic heterocycles. The number of para-hydroxylation sites is 1. The Kier molecular flexibility index (Phi) is 7.29. The van der Waals surface area contributed by atoms with E-state index in [1.54, 1.807) is 0 Å². The van der Waals surface area contributed by atoms with E-state index < -0.39 is 46.9 Å². The quantitative estimate of drug-likeness (QED) is 0.418. The predicted octanol–water partition coefficient (Wildman–Crippen LogP) is 4.87. The first kappa shape index (κ1) is 24.4. The van der Waals surface area contributed by atoms with Gasteiger partial charge in [-0.3, -0.25) is 9.78 Å². The lowest BCUT2D eigenvalue weighted by Crippen LogP contribution is -2.28. The van der Waals surface area contributed by atoms with E-state index in [1.165, 1.54) is 30.5 Å². The summed E-state index contributed by atoms with van der Waals surface area (Å²) in [5.41, 5.74) is -0.623. The van der Waals surface area contributed by atoms with Crippen molar-refractivity contribution in [1.82, 2.24) is 10.3 Å². The first-order valence-electron chi connectivity index (χ1n) is 9.56. The van der Waals surface area contributed by atoms with Gasteiger partial charge in [0.15, 0.2) is 0 Å². The Morgan fingerprint density at radius 3 is 2.29 bits per heavy atom. The van der Waals surface area contributed by atoms with Crippen molar-refractivity contribution < 1.29 is 41.4 Å². The number of benzene rings is 2. The van der Waals surface area contributed by atoms with E-state index in [0.29, 0.717) is 11.3 Å². The second kappa shape index (κ2) is 10.1. The molecule has 0 aliphatic rings. The fourth-order valence-corrected chi connectivity index (χ4v) is 2.97. The van der Waals surface area contributed by atoms with E-state index in [0.717, 1.165) is 24.3 Å². The van der Waals surface area contributed by atoms with Crippen molar-refractivity contribution in [3.63, 3.8) is 0 Å². The molecule has 7 nitrogen and oxygen atoms in total. The Morgan fingerprint density at radius 2 is 1.71 bits per heavy atom. The Balaban J connectivity index is 1.70. The molecule has 3 N–H and O–H groups in total. The summed E-state index contributed by atoms with van der Waals surface area (Å²) in [6.07, 6.45) is -3.93. The van der Waals surface area contributed by atoms with Crippen LogP contribution in [0.25, 0.3) is 11.1 Å². The van der Waals surface area contributed by atoms with Crippen molar-refractivity contribution in [3.8, 4) is 16.9 Å². The van der Waals surface area contributed by atoms with Crippen LogP contribution in [-0.4, -0.2) is 28.5 Å². The van der Waals surface area contributed by atoms with E-state index in [-0.39, 0.29) is 18.7 Å². The standard InChI is InChI=1S/C22H16F5N3O4/c23-16-8-14(30-21(33)29-11-13-6-5-12(10-28-13)7-19(31)32)9-17(24)20(16)15-3-1-2-4-18(15)34-22(25,26)27/h1-6,8-10H,7,11H2,(H,31,32)(H2,29,30,33). The van der Waals surface area contributed by atoms with Gasteiger partial charge >= 0.3 is 18.4 Å². The summed E-state index contributed by atoms with van der Waals surface area (Å²) in [6, 6.07) is 8.20. The molecule has 0 saturated carbocycles. The fraction of sp³-hybridized carbons (Fsp3) is 0.136. The summed E-state index contributed by atoms with van der Waals surface area (Å²) in [6.45, 7) is -0.0651. The van der Waals surface area contributed by atoms with Crippen molar-refractivity contribution in [2.24, 2.45) is 0 Å². The smallest absolute Gasteiger partial charge is 0.481 e. The van der Waals surface area contributed by atoms with Crippen LogP contribution in [0.15, 0.2) is 54.7 Å². The number of carboxylic acids is 1. The maximum Gasteiger partial charge on any atom is 0.573 e. The van der Waals surface area contributed by atoms with Gasteiger partial charge < -0.3 is 20.5 Å². The highest BCUT2D eigenvalue weighted by atomic mass is 19.4. The molecule has 0 fully saturated rings. The molecule has 178 valence electrons. The minimum atomic E-state index is -5.06. The Labute approximate surface area is 189 Å². The molecule has 2 amide bonds. The number of aliphatic carboxylic acids is 1. The number of carbonyl (C=O) groups is 2. The second-order valence-corrected chi connectivity index (χ2v) is 6.89. The van der Waals surface area contributed by atoms with Gasteiger partial charge in [0.2, 0.25) is 0 Å². The SMILES string of the molecule is O=C(O)Cc1ccc(CNC(=O)Nc2cc(F)c(-c3ccccc3OC(F)(F)F)c(F)c2)nc1. The van der Waals surface area contributed by atoms with Crippen LogP contribution in [0.5, 0.6) is 5.75 Å². The highest BCUT2D eigenvalue weighted by Crippen LogP contribution is 2.37. The first-order valence-corrected chi connectivity index (χ1v) is 9.56. The highest BCUT2D eigenvalue weighted by Gasteiger charge is 2.33. The molecule has 1 heterocycles. The lowest BCUT2D eigenvalue weighted by atomic mass is 10.0. The number of nitrogens with one attached hydrogen (secondary N) is 2. The van der Waals surface area contributed by atoms with Crippen LogP contribution < -0.4 is 15.4 Å². The van der Waals surface area contributed by atoms with Gasteiger partial charge in [0, 0.05) is 17.4 Å². The molecule has 0 saturated heterocycles. The molecule has 12 heteroatoms. The molecule has 0 aliphatic carbocycles. The average molecular weight is 481 g/mol. The Hall–Kier alpha value is -4.22. The molecule has 0 spiro atoms. The molecular weight excluding hydrogens is 465 g/mol. The third kappa shape index (κ3) is 6.64. The molecule has 0 atom stereocenters. The number of carbonyl (C=O) groups excluding carboxylic acids is 1. The number of ether oxygens (including phenoxy) is 1. The van der Waals surface area contributed by atoms with Crippen LogP contribution >= 0.6 is 0 Å². The van der Waals surface area contributed by atoms with Crippen molar-refractivity contribution in [2.45, 2.75) is 19.3 Å². The van der Waals surface area contributed by atoms with Gasteiger partial charge in [-0.15, -0.1) is 13.2 Å². The van der Waals surface area contributed by atoms with Gasteiger partial charge in [-0.1, -0.05) is 24.3 Å². The molecular formula is C22H16F5N3O4. The van der Waals surface area contributed by atoms with Crippen LogP contribution in [0.2, 0.25) is 0 Å². The topological polar surface area (TPSA) is 101 Å². The van der Waals surface area contributed by atoms with E-state index in [9.17, 15) is 31.5 Å². The van der Waals surface area contributed by atoms with Crippen molar-refractivity contribution >= 4 is 17.7 Å². The predicted molar refractivity (Wildman–Crippen MR) is 110 cm³/mol. The molecule has 2 aromatic carbocycles. The lowest BCUT2D eigenvalue weighted by molar-refractivity contribution is -0.274. The zero-order chi connectivity index (χ0) is 24.9. The number of carboxylic acid groups (broad SMARTS) is 1. The molecule has 0 bridgehead atoms. The summed E-state index contributed by atoms with van der Waals surface area (Å²) in [7, 11) is 0. The van der Waals surface area contributed by atoms with E-state index in [4.69, 9.17) is 5.11 Å².